The van der Waals surface area contributed by atoms with Crippen molar-refractivity contribution < 1.29 is 23.7 Å². The van der Waals surface area contributed by atoms with Crippen LogP contribution in [0.2, 0.25) is 0 Å². The normalized spacial score (nSPS) is 20.5. The maximum atomic E-state index is 7.03. The number of piperidine rings is 1. The van der Waals surface area contributed by atoms with Crippen molar-refractivity contribution in [1.82, 2.24) is 4.90 Å². The highest BCUT2D eigenvalue weighted by Crippen LogP contribution is 2.36. The Bertz CT molecular complexity index is 1700. The molecule has 5 aromatic carbocycles. The molecule has 5 aromatic rings. The zero-order chi connectivity index (χ0) is 35.1. The van der Waals surface area contributed by atoms with Gasteiger partial charge in [0.2, 0.25) is 0 Å². The lowest BCUT2D eigenvalue weighted by Gasteiger charge is -2.53. The lowest BCUT2D eigenvalue weighted by Crippen LogP contribution is -2.68. The molecule has 0 amide bonds. The van der Waals surface area contributed by atoms with Crippen molar-refractivity contribution in [1.29, 1.82) is 0 Å². The number of hydrogen-bond donors (Lipinski definition) is 0. The van der Waals surface area contributed by atoms with E-state index < -0.39 is 6.10 Å². The summed E-state index contributed by atoms with van der Waals surface area (Å²) < 4.78 is 33.1. The predicted molar refractivity (Wildman–Crippen MR) is 202 cm³/mol. The second-order valence-corrected chi connectivity index (χ2v) is 13.0. The summed E-state index contributed by atoms with van der Waals surface area (Å²) in [6, 6.07) is 49.3. The molecule has 0 aliphatic carbocycles. The van der Waals surface area contributed by atoms with E-state index in [0.717, 1.165) is 33.6 Å². The SMILES string of the molecule is C=CC[C@@H]1[C@H](OCc2ccccc2)[C@@H](OCc2ccccc2)[C@H](OCc2ccccc2)[C@@H](COCc2ccccc2)N1Cc1ccc(OC)cc1. The Balaban J connectivity index is 1.40. The number of methoxy groups -OCH3 is 1. The third kappa shape index (κ3) is 10.3. The van der Waals surface area contributed by atoms with Gasteiger partial charge in [-0.05, 0) is 46.4 Å². The van der Waals surface area contributed by atoms with E-state index in [2.05, 4.69) is 72.1 Å². The van der Waals surface area contributed by atoms with Crippen molar-refractivity contribution >= 4 is 0 Å². The Kier molecular flexibility index (Phi) is 13.6. The fourth-order valence-electron chi connectivity index (χ4n) is 6.83. The second kappa shape index (κ2) is 19.2. The lowest BCUT2D eigenvalue weighted by molar-refractivity contribution is -0.230. The molecule has 1 heterocycles. The largest absolute Gasteiger partial charge is 0.497 e. The van der Waals surface area contributed by atoms with Gasteiger partial charge in [-0.1, -0.05) is 140 Å². The Morgan fingerprint density at radius 1 is 0.510 bits per heavy atom. The van der Waals surface area contributed by atoms with Gasteiger partial charge in [0, 0.05) is 12.6 Å². The molecule has 5 atom stereocenters. The summed E-state index contributed by atoms with van der Waals surface area (Å²) in [5.74, 6) is 0.824. The zero-order valence-electron chi connectivity index (χ0n) is 29.5. The number of nitrogens with zero attached hydrogens (tertiary/aromatic N) is 1. The van der Waals surface area contributed by atoms with Crippen LogP contribution in [0.25, 0.3) is 0 Å². The van der Waals surface area contributed by atoms with Crippen molar-refractivity contribution in [3.05, 3.63) is 186 Å². The molecule has 6 nitrogen and oxygen atoms in total. The smallest absolute Gasteiger partial charge is 0.118 e. The number of rotatable bonds is 18. The van der Waals surface area contributed by atoms with Crippen LogP contribution < -0.4 is 4.74 Å². The average Bonchev–Trinajstić information content (AvgIpc) is 3.19. The fraction of sp³-hybridized carbons (Fsp3) is 0.289. The van der Waals surface area contributed by atoms with E-state index in [4.69, 9.17) is 23.7 Å². The lowest BCUT2D eigenvalue weighted by atomic mass is 9.85. The van der Waals surface area contributed by atoms with Crippen LogP contribution in [-0.2, 0) is 51.9 Å². The van der Waals surface area contributed by atoms with E-state index in [9.17, 15) is 0 Å². The zero-order valence-corrected chi connectivity index (χ0v) is 29.5. The van der Waals surface area contributed by atoms with Gasteiger partial charge >= 0.3 is 0 Å². The van der Waals surface area contributed by atoms with E-state index in [1.807, 2.05) is 91.0 Å². The summed E-state index contributed by atoms with van der Waals surface area (Å²) >= 11 is 0. The van der Waals surface area contributed by atoms with Crippen molar-refractivity contribution in [3.63, 3.8) is 0 Å². The summed E-state index contributed by atoms with van der Waals surface area (Å²) in [6.45, 7) is 7.11. The Morgan fingerprint density at radius 2 is 0.941 bits per heavy atom. The van der Waals surface area contributed by atoms with E-state index in [1.54, 1.807) is 7.11 Å². The van der Waals surface area contributed by atoms with Crippen molar-refractivity contribution in [2.75, 3.05) is 13.7 Å². The molecule has 1 aliphatic rings. The van der Waals surface area contributed by atoms with Gasteiger partial charge in [0.25, 0.3) is 0 Å². The molecule has 0 aromatic heterocycles. The topological polar surface area (TPSA) is 49.4 Å². The molecule has 0 N–H and O–H groups in total. The van der Waals surface area contributed by atoms with E-state index >= 15 is 0 Å². The van der Waals surface area contributed by atoms with Crippen LogP contribution >= 0.6 is 0 Å². The Morgan fingerprint density at radius 3 is 1.39 bits per heavy atom. The van der Waals surface area contributed by atoms with E-state index in [0.29, 0.717) is 46.0 Å². The average molecular weight is 684 g/mol. The summed E-state index contributed by atoms with van der Waals surface area (Å²) in [5, 5.41) is 0. The number of ether oxygens (including phenoxy) is 5. The molecule has 51 heavy (non-hydrogen) atoms. The summed E-state index contributed by atoms with van der Waals surface area (Å²) in [7, 11) is 1.69. The molecule has 6 heteroatoms. The van der Waals surface area contributed by atoms with Crippen molar-refractivity contribution in [2.45, 2.75) is 69.8 Å². The molecule has 264 valence electrons. The summed E-state index contributed by atoms with van der Waals surface area (Å²) in [6.07, 6.45) is 1.56. The first-order chi connectivity index (χ1) is 25.2. The first-order valence-corrected chi connectivity index (χ1v) is 17.8. The van der Waals surface area contributed by atoms with Crippen molar-refractivity contribution in [2.24, 2.45) is 0 Å². The van der Waals surface area contributed by atoms with Crippen LogP contribution in [0.5, 0.6) is 5.75 Å². The Hall–Kier alpha value is -4.56. The monoisotopic (exact) mass is 683 g/mol. The molecule has 0 unspecified atom stereocenters. The number of benzene rings is 5. The van der Waals surface area contributed by atoms with Gasteiger partial charge in [0.1, 0.15) is 24.1 Å². The Labute approximate surface area is 303 Å². The third-order valence-electron chi connectivity index (χ3n) is 9.45. The van der Waals surface area contributed by atoms with Crippen LogP contribution in [0.4, 0.5) is 0 Å². The molecule has 6 rings (SSSR count). The van der Waals surface area contributed by atoms with Gasteiger partial charge in [-0.25, -0.2) is 0 Å². The molecule has 1 aliphatic heterocycles. The number of hydrogen-bond acceptors (Lipinski definition) is 6. The van der Waals surface area contributed by atoms with Crippen LogP contribution in [0, 0.1) is 0 Å². The van der Waals surface area contributed by atoms with E-state index in [-0.39, 0.29) is 24.3 Å². The highest BCUT2D eigenvalue weighted by atomic mass is 16.6. The molecular formula is C45H49NO5. The third-order valence-corrected chi connectivity index (χ3v) is 9.45. The van der Waals surface area contributed by atoms with Gasteiger partial charge in [-0.3, -0.25) is 4.90 Å². The molecule has 1 saturated heterocycles. The highest BCUT2D eigenvalue weighted by Gasteiger charge is 2.51. The maximum absolute atomic E-state index is 7.03. The standard InChI is InChI=1S/C45H49NO5/c1-3-16-41-43(49-31-37-19-10-5-11-20-37)45(51-33-39-23-14-7-15-24-39)44(50-32-38-21-12-6-13-22-38)42(34-48-30-36-17-8-4-9-18-36)46(41)29-35-25-27-40(47-2)28-26-35/h3-15,17-28,41-45H,1,16,29-34H2,2H3/t41-,42-,43+,44-,45-/m1/s1. The summed E-state index contributed by atoms with van der Waals surface area (Å²) in [4.78, 5) is 2.50. The maximum Gasteiger partial charge on any atom is 0.118 e. The molecule has 1 fully saturated rings. The van der Waals surface area contributed by atoms with Crippen LogP contribution in [-0.4, -0.2) is 49.0 Å². The van der Waals surface area contributed by atoms with Gasteiger partial charge in [0.15, 0.2) is 0 Å². The minimum absolute atomic E-state index is 0.0732. The molecular weight excluding hydrogens is 634 g/mol. The quantitative estimate of drug-likeness (QED) is 0.0861. The van der Waals surface area contributed by atoms with Gasteiger partial charge in [-0.15, -0.1) is 6.58 Å². The van der Waals surface area contributed by atoms with E-state index in [1.165, 1.54) is 0 Å². The minimum atomic E-state index is -0.403. The van der Waals surface area contributed by atoms with Crippen LogP contribution in [0.15, 0.2) is 158 Å². The molecule has 0 saturated carbocycles. The minimum Gasteiger partial charge on any atom is -0.497 e. The van der Waals surface area contributed by atoms with Gasteiger partial charge in [0.05, 0.1) is 46.2 Å². The first-order valence-electron chi connectivity index (χ1n) is 17.8. The molecule has 0 spiro atoms. The fourth-order valence-corrected chi connectivity index (χ4v) is 6.83. The number of likely N-dealkylation sites (tertiary alicyclic amines) is 1. The predicted octanol–water partition coefficient (Wildman–Crippen LogP) is 8.80. The van der Waals surface area contributed by atoms with Gasteiger partial charge in [-0.2, -0.15) is 0 Å². The van der Waals surface area contributed by atoms with Crippen molar-refractivity contribution in [3.8, 4) is 5.75 Å². The van der Waals surface area contributed by atoms with Crippen LogP contribution in [0.3, 0.4) is 0 Å². The molecule has 0 bridgehead atoms. The highest BCUT2D eigenvalue weighted by molar-refractivity contribution is 5.28. The second-order valence-electron chi connectivity index (χ2n) is 13.0. The molecule has 0 radical (unpaired) electrons. The summed E-state index contributed by atoms with van der Waals surface area (Å²) in [5.41, 5.74) is 5.58. The van der Waals surface area contributed by atoms with Crippen LogP contribution in [0.1, 0.15) is 34.2 Å². The van der Waals surface area contributed by atoms with Gasteiger partial charge < -0.3 is 23.7 Å². The first kappa shape index (κ1) is 36.2.